The zero-order chi connectivity index (χ0) is 17.7. The molecule has 3 nitrogen and oxygen atoms in total. The molecule has 1 amide bonds. The van der Waals surface area contributed by atoms with E-state index in [2.05, 4.69) is 24.8 Å². The minimum absolute atomic E-state index is 0.0236. The zero-order valence-corrected chi connectivity index (χ0v) is 15.6. The third kappa shape index (κ3) is 2.86. The fraction of sp³-hybridized carbons (Fsp3) is 0.609. The van der Waals surface area contributed by atoms with Gasteiger partial charge in [0.25, 0.3) is 0 Å². The molecular formula is C23H29NO2. The van der Waals surface area contributed by atoms with E-state index in [9.17, 15) is 4.79 Å². The van der Waals surface area contributed by atoms with Crippen molar-refractivity contribution in [3.8, 4) is 5.75 Å². The number of fused-ring (bicyclic) bond motifs is 1. The molecule has 0 radical (unpaired) electrons. The Morgan fingerprint density at radius 3 is 2.50 bits per heavy atom. The highest BCUT2D eigenvalue weighted by Crippen LogP contribution is 2.60. The number of carbonyl (C=O) groups excluding carboxylic acids is 1. The van der Waals surface area contributed by atoms with E-state index < -0.39 is 0 Å². The first-order valence-corrected chi connectivity index (χ1v) is 10.3. The molecule has 0 N–H and O–H groups in total. The van der Waals surface area contributed by atoms with Crippen molar-refractivity contribution in [2.24, 2.45) is 23.2 Å². The first kappa shape index (κ1) is 16.4. The molecule has 5 aliphatic rings. The largest absolute Gasteiger partial charge is 0.493 e. The molecule has 138 valence electrons. The Morgan fingerprint density at radius 2 is 1.85 bits per heavy atom. The van der Waals surface area contributed by atoms with Crippen LogP contribution in [0.2, 0.25) is 0 Å². The molecule has 1 aromatic rings. The molecule has 4 saturated carbocycles. The maximum absolute atomic E-state index is 11.9. The Morgan fingerprint density at radius 1 is 1.15 bits per heavy atom. The zero-order valence-electron chi connectivity index (χ0n) is 15.6. The Hall–Kier alpha value is -1.77. The van der Waals surface area contributed by atoms with Crippen molar-refractivity contribution in [3.63, 3.8) is 0 Å². The summed E-state index contributed by atoms with van der Waals surface area (Å²) in [5, 5.41) is 0. The van der Waals surface area contributed by atoms with Gasteiger partial charge in [-0.15, -0.1) is 0 Å². The molecular weight excluding hydrogens is 322 g/mol. The summed E-state index contributed by atoms with van der Waals surface area (Å²) in [6.07, 6.45) is 10.9. The van der Waals surface area contributed by atoms with Crippen LogP contribution < -0.4 is 4.74 Å². The van der Waals surface area contributed by atoms with Gasteiger partial charge >= 0.3 is 0 Å². The van der Waals surface area contributed by atoms with Gasteiger partial charge in [0, 0.05) is 18.5 Å². The molecule has 26 heavy (non-hydrogen) atoms. The number of hydrogen-bond donors (Lipinski definition) is 0. The smallest absolute Gasteiger partial charge is 0.246 e. The maximum atomic E-state index is 11.9. The van der Waals surface area contributed by atoms with E-state index in [1.165, 1.54) is 55.7 Å². The third-order valence-electron chi connectivity index (χ3n) is 7.39. The van der Waals surface area contributed by atoms with Gasteiger partial charge in [0.05, 0.1) is 6.61 Å². The minimum atomic E-state index is 0.0236. The van der Waals surface area contributed by atoms with Gasteiger partial charge in [-0.1, -0.05) is 12.6 Å². The minimum Gasteiger partial charge on any atom is -0.493 e. The van der Waals surface area contributed by atoms with Crippen molar-refractivity contribution in [1.82, 2.24) is 4.90 Å². The average Bonchev–Trinajstić information content (AvgIpc) is 2.64. The van der Waals surface area contributed by atoms with Crippen LogP contribution in [0.4, 0.5) is 0 Å². The predicted octanol–water partition coefficient (Wildman–Crippen LogP) is 4.35. The molecule has 4 bridgehead atoms. The predicted molar refractivity (Wildman–Crippen MR) is 102 cm³/mol. The fourth-order valence-corrected chi connectivity index (χ4v) is 6.64. The summed E-state index contributed by atoms with van der Waals surface area (Å²) in [6, 6.07) is 6.49. The number of benzene rings is 1. The fourth-order valence-electron chi connectivity index (χ4n) is 6.64. The molecule has 0 spiro atoms. The summed E-state index contributed by atoms with van der Waals surface area (Å²) in [4.78, 5) is 13.8. The summed E-state index contributed by atoms with van der Waals surface area (Å²) in [5.74, 6) is 3.90. The second-order valence-electron chi connectivity index (χ2n) is 9.35. The lowest BCUT2D eigenvalue weighted by atomic mass is 9.50. The summed E-state index contributed by atoms with van der Waals surface area (Å²) < 4.78 is 6.36. The number of nitrogens with zero attached hydrogens (tertiary/aromatic N) is 1. The first-order valence-electron chi connectivity index (χ1n) is 10.3. The van der Waals surface area contributed by atoms with E-state index >= 15 is 0 Å². The van der Waals surface area contributed by atoms with Crippen molar-refractivity contribution < 1.29 is 9.53 Å². The first-order chi connectivity index (χ1) is 12.6. The van der Waals surface area contributed by atoms with Crippen LogP contribution in [0.5, 0.6) is 5.75 Å². The Balaban J connectivity index is 1.28. The van der Waals surface area contributed by atoms with Crippen LogP contribution in [0.1, 0.15) is 49.7 Å². The second kappa shape index (κ2) is 6.14. The highest BCUT2D eigenvalue weighted by Gasteiger charge is 2.51. The van der Waals surface area contributed by atoms with Crippen LogP contribution in [-0.2, 0) is 17.8 Å². The summed E-state index contributed by atoms with van der Waals surface area (Å²) in [6.45, 7) is 5.95. The van der Waals surface area contributed by atoms with Gasteiger partial charge in [-0.25, -0.2) is 0 Å². The molecule has 4 aliphatic carbocycles. The Kier molecular flexibility index (Phi) is 3.88. The van der Waals surface area contributed by atoms with Gasteiger partial charge in [-0.3, -0.25) is 4.79 Å². The number of rotatable bonds is 4. The van der Waals surface area contributed by atoms with E-state index in [0.29, 0.717) is 12.0 Å². The monoisotopic (exact) mass is 351 g/mol. The second-order valence-corrected chi connectivity index (χ2v) is 9.35. The highest BCUT2D eigenvalue weighted by molar-refractivity contribution is 5.87. The molecule has 0 saturated heterocycles. The van der Waals surface area contributed by atoms with Gasteiger partial charge in [-0.2, -0.15) is 0 Å². The molecule has 0 aromatic heterocycles. The number of amides is 1. The maximum Gasteiger partial charge on any atom is 0.246 e. The number of carbonyl (C=O) groups is 1. The van der Waals surface area contributed by atoms with Crippen molar-refractivity contribution in [1.29, 1.82) is 0 Å². The number of ether oxygens (including phenoxy) is 1. The van der Waals surface area contributed by atoms with Gasteiger partial charge < -0.3 is 9.64 Å². The van der Waals surface area contributed by atoms with Crippen LogP contribution in [0, 0.1) is 23.2 Å². The van der Waals surface area contributed by atoms with Crippen LogP contribution in [-0.4, -0.2) is 24.0 Å². The van der Waals surface area contributed by atoms with E-state index in [0.717, 1.165) is 43.1 Å². The van der Waals surface area contributed by atoms with Gasteiger partial charge in [0.1, 0.15) is 5.75 Å². The van der Waals surface area contributed by atoms with Crippen molar-refractivity contribution in [2.45, 2.75) is 51.5 Å². The van der Waals surface area contributed by atoms with E-state index in [-0.39, 0.29) is 5.91 Å². The average molecular weight is 351 g/mol. The van der Waals surface area contributed by atoms with E-state index in [1.54, 1.807) is 0 Å². The highest BCUT2D eigenvalue weighted by atomic mass is 16.5. The number of hydrogen-bond acceptors (Lipinski definition) is 2. The lowest BCUT2D eigenvalue weighted by molar-refractivity contribution is -0.126. The van der Waals surface area contributed by atoms with E-state index in [4.69, 9.17) is 4.74 Å². The molecule has 1 aliphatic heterocycles. The molecule has 1 aromatic carbocycles. The van der Waals surface area contributed by atoms with Crippen molar-refractivity contribution >= 4 is 5.91 Å². The van der Waals surface area contributed by atoms with Gasteiger partial charge in [0.2, 0.25) is 5.91 Å². The quantitative estimate of drug-likeness (QED) is 0.755. The van der Waals surface area contributed by atoms with Crippen LogP contribution in [0.25, 0.3) is 0 Å². The molecule has 6 rings (SSSR count). The van der Waals surface area contributed by atoms with Gasteiger partial charge in [-0.05, 0) is 92.0 Å². The summed E-state index contributed by atoms with van der Waals surface area (Å²) >= 11 is 0. The van der Waals surface area contributed by atoms with Crippen molar-refractivity contribution in [3.05, 3.63) is 42.0 Å². The topological polar surface area (TPSA) is 29.5 Å². The standard InChI is InChI=1S/C23H29NO2/c1-2-22(25)24-6-5-19-3-4-21(10-20(19)14-24)26-15-23-11-16-7-17(12-23)9-18(8-16)13-23/h2-4,10,16-18H,1,5-9,11-15H2. The van der Waals surface area contributed by atoms with Gasteiger partial charge in [0.15, 0.2) is 0 Å². The summed E-state index contributed by atoms with van der Waals surface area (Å²) in [5.41, 5.74) is 3.02. The molecule has 1 heterocycles. The normalized spacial score (nSPS) is 34.5. The van der Waals surface area contributed by atoms with Crippen LogP contribution >= 0.6 is 0 Å². The molecule has 4 fully saturated rings. The lowest BCUT2D eigenvalue weighted by Crippen LogP contribution is -2.48. The van der Waals surface area contributed by atoms with E-state index in [1.807, 2.05) is 4.90 Å². The van der Waals surface area contributed by atoms with Crippen LogP contribution in [0.3, 0.4) is 0 Å². The molecule has 3 heteroatoms. The summed E-state index contributed by atoms with van der Waals surface area (Å²) in [7, 11) is 0. The SMILES string of the molecule is C=CC(=O)N1CCc2ccc(OCC34CC5CC(CC(C5)C3)C4)cc2C1. The molecule has 0 atom stereocenters. The van der Waals surface area contributed by atoms with Crippen LogP contribution in [0.15, 0.2) is 30.9 Å². The molecule has 0 unspecified atom stereocenters. The van der Waals surface area contributed by atoms with Crippen molar-refractivity contribution in [2.75, 3.05) is 13.2 Å². The Bertz CT molecular complexity index is 702. The Labute approximate surface area is 156 Å². The third-order valence-corrected chi connectivity index (χ3v) is 7.39. The lowest BCUT2D eigenvalue weighted by Gasteiger charge is -2.56.